The van der Waals surface area contributed by atoms with Gasteiger partial charge in [0.1, 0.15) is 6.34 Å². The molecule has 0 aliphatic carbocycles. The molecule has 0 radical (unpaired) electrons. The fourth-order valence-corrected chi connectivity index (χ4v) is 0.309. The molecule has 0 bridgehead atoms. The van der Waals surface area contributed by atoms with E-state index in [1.165, 1.54) is 13.4 Å². The summed E-state index contributed by atoms with van der Waals surface area (Å²) < 4.78 is 0. The lowest BCUT2D eigenvalue weighted by atomic mass is 10.6. The molecule has 1 amide bonds. The minimum atomic E-state index is -0.281. The maximum absolute atomic E-state index is 10.5. The summed E-state index contributed by atoms with van der Waals surface area (Å²) in [6.45, 7) is 1.71. The number of amides is 1. The van der Waals surface area contributed by atoms with E-state index in [0.717, 1.165) is 6.21 Å². The van der Waals surface area contributed by atoms with Crippen molar-refractivity contribution in [3.63, 3.8) is 0 Å². The first-order chi connectivity index (χ1) is 5.16. The zero-order valence-corrected chi connectivity index (χ0v) is 6.61. The van der Waals surface area contributed by atoms with Crippen molar-refractivity contribution in [1.29, 1.82) is 0 Å². The van der Waals surface area contributed by atoms with Crippen molar-refractivity contribution >= 4 is 18.5 Å². The summed E-state index contributed by atoms with van der Waals surface area (Å²) in [5.74, 6) is -0.263. The summed E-state index contributed by atoms with van der Waals surface area (Å²) in [6, 6.07) is 0. The minimum Gasteiger partial charge on any atom is -0.354 e. The van der Waals surface area contributed by atoms with Gasteiger partial charge in [-0.25, -0.2) is 4.99 Å². The fourth-order valence-electron chi connectivity index (χ4n) is 0.309. The third kappa shape index (κ3) is 6.66. The fraction of sp³-hybridized carbons (Fsp3) is 0.500. The summed E-state index contributed by atoms with van der Waals surface area (Å²) in [5.41, 5.74) is 5.27. The van der Waals surface area contributed by atoms with Gasteiger partial charge in [0.2, 0.25) is 0 Å². The zero-order valence-electron chi connectivity index (χ0n) is 6.61. The first-order valence-corrected chi connectivity index (χ1v) is 3.19. The first-order valence-electron chi connectivity index (χ1n) is 3.19. The molecule has 0 aromatic heterocycles. The predicted molar refractivity (Wildman–Crippen MR) is 44.7 cm³/mol. The highest BCUT2D eigenvalue weighted by Gasteiger charge is 1.86. The average Bonchev–Trinajstić information content (AvgIpc) is 1.97. The Morgan fingerprint density at radius 2 is 2.36 bits per heavy atom. The lowest BCUT2D eigenvalue weighted by molar-refractivity contribution is -0.113. The quantitative estimate of drug-likeness (QED) is 0.411. The Balaban J connectivity index is 3.68. The third-order valence-electron chi connectivity index (χ3n) is 0.807. The molecule has 0 aliphatic rings. The Kier molecular flexibility index (Phi) is 4.93. The van der Waals surface area contributed by atoms with Crippen LogP contribution in [0.4, 0.5) is 0 Å². The Labute approximate surface area is 65.4 Å². The summed E-state index contributed by atoms with van der Waals surface area (Å²) >= 11 is 0. The first kappa shape index (κ1) is 9.77. The molecule has 3 N–H and O–H groups in total. The van der Waals surface area contributed by atoms with Gasteiger partial charge in [0, 0.05) is 7.05 Å². The van der Waals surface area contributed by atoms with E-state index >= 15 is 0 Å². The van der Waals surface area contributed by atoms with E-state index < -0.39 is 0 Å². The Morgan fingerprint density at radius 3 is 2.82 bits per heavy atom. The van der Waals surface area contributed by atoms with Crippen molar-refractivity contribution in [3.05, 3.63) is 0 Å². The molecule has 0 spiro atoms. The third-order valence-corrected chi connectivity index (χ3v) is 0.807. The molecule has 0 saturated carbocycles. The van der Waals surface area contributed by atoms with Crippen LogP contribution in [0, 0.1) is 0 Å². The van der Waals surface area contributed by atoms with Crippen LogP contribution in [0.1, 0.15) is 6.92 Å². The van der Waals surface area contributed by atoms with Crippen molar-refractivity contribution < 1.29 is 4.79 Å². The molecule has 0 heterocycles. The van der Waals surface area contributed by atoms with E-state index in [4.69, 9.17) is 5.73 Å². The highest BCUT2D eigenvalue weighted by Crippen LogP contribution is 1.72. The van der Waals surface area contributed by atoms with Crippen molar-refractivity contribution in [1.82, 2.24) is 5.32 Å². The van der Waals surface area contributed by atoms with Gasteiger partial charge in [-0.05, 0) is 6.92 Å². The standard InChI is InChI=1S/C6H12N4O/c1-5(7)10-4-9-3-6(11)8-2/h3-5H,7H2,1-2H3,(H,8,11)/b9-3+,10-4-. The second kappa shape index (κ2) is 5.55. The van der Waals surface area contributed by atoms with Crippen LogP contribution in [0.5, 0.6) is 0 Å². The molecule has 0 aliphatic heterocycles. The smallest absolute Gasteiger partial charge is 0.262 e. The van der Waals surface area contributed by atoms with Gasteiger partial charge < -0.3 is 11.1 Å². The van der Waals surface area contributed by atoms with E-state index in [9.17, 15) is 4.79 Å². The van der Waals surface area contributed by atoms with E-state index in [-0.39, 0.29) is 12.1 Å². The summed E-state index contributed by atoms with van der Waals surface area (Å²) in [7, 11) is 1.52. The van der Waals surface area contributed by atoms with Crippen LogP contribution in [-0.4, -0.2) is 31.7 Å². The second-order valence-electron chi connectivity index (χ2n) is 1.90. The van der Waals surface area contributed by atoms with E-state index in [2.05, 4.69) is 15.3 Å². The molecule has 11 heavy (non-hydrogen) atoms. The summed E-state index contributed by atoms with van der Waals surface area (Å²) in [5, 5.41) is 2.37. The maximum atomic E-state index is 10.5. The van der Waals surface area contributed by atoms with Crippen LogP contribution in [0.2, 0.25) is 0 Å². The van der Waals surface area contributed by atoms with Crippen LogP contribution in [-0.2, 0) is 4.79 Å². The largest absolute Gasteiger partial charge is 0.354 e. The van der Waals surface area contributed by atoms with Gasteiger partial charge in [0.05, 0.1) is 12.4 Å². The van der Waals surface area contributed by atoms with Crippen molar-refractivity contribution in [3.8, 4) is 0 Å². The van der Waals surface area contributed by atoms with Gasteiger partial charge in [0.15, 0.2) is 0 Å². The molecule has 0 fully saturated rings. The van der Waals surface area contributed by atoms with Crippen molar-refractivity contribution in [2.45, 2.75) is 13.1 Å². The molecular formula is C6H12N4O. The van der Waals surface area contributed by atoms with Crippen LogP contribution >= 0.6 is 0 Å². The number of nitrogens with two attached hydrogens (primary N) is 1. The van der Waals surface area contributed by atoms with Crippen molar-refractivity contribution in [2.24, 2.45) is 15.7 Å². The van der Waals surface area contributed by atoms with Gasteiger partial charge in [-0.3, -0.25) is 9.79 Å². The molecular weight excluding hydrogens is 144 g/mol. The molecule has 0 saturated heterocycles. The van der Waals surface area contributed by atoms with Gasteiger partial charge in [0.25, 0.3) is 5.91 Å². The van der Waals surface area contributed by atoms with Crippen LogP contribution in [0.3, 0.4) is 0 Å². The van der Waals surface area contributed by atoms with E-state index in [0.29, 0.717) is 0 Å². The molecule has 0 aromatic carbocycles. The monoisotopic (exact) mass is 156 g/mol. The summed E-state index contributed by atoms with van der Waals surface area (Å²) in [6.07, 6.45) is 2.10. The number of rotatable bonds is 3. The molecule has 0 rings (SSSR count). The van der Waals surface area contributed by atoms with E-state index in [1.54, 1.807) is 6.92 Å². The van der Waals surface area contributed by atoms with Gasteiger partial charge in [-0.2, -0.15) is 0 Å². The maximum Gasteiger partial charge on any atom is 0.262 e. The minimum absolute atomic E-state index is 0.263. The number of hydrogen-bond acceptors (Lipinski definition) is 3. The molecule has 62 valence electrons. The number of carbonyl (C=O) groups excluding carboxylic acids is 1. The number of nitrogens with zero attached hydrogens (tertiary/aromatic N) is 2. The van der Waals surface area contributed by atoms with Crippen molar-refractivity contribution in [2.75, 3.05) is 7.05 Å². The molecule has 1 atom stereocenters. The lowest BCUT2D eigenvalue weighted by Crippen LogP contribution is -2.18. The Hall–Kier alpha value is -1.23. The normalized spacial score (nSPS) is 14.1. The SMILES string of the molecule is CNC(=O)/C=N/C=N\C(C)N. The molecule has 5 heteroatoms. The number of aliphatic imine (C=N–C) groups is 2. The molecule has 1 unspecified atom stereocenters. The molecule has 0 aromatic rings. The number of carbonyl (C=O) groups is 1. The predicted octanol–water partition coefficient (Wildman–Crippen LogP) is -0.864. The van der Waals surface area contributed by atoms with Gasteiger partial charge in [-0.1, -0.05) is 0 Å². The topological polar surface area (TPSA) is 79.8 Å². The van der Waals surface area contributed by atoms with Crippen LogP contribution in [0.25, 0.3) is 0 Å². The Morgan fingerprint density at radius 1 is 1.73 bits per heavy atom. The van der Waals surface area contributed by atoms with Crippen LogP contribution in [0.15, 0.2) is 9.98 Å². The van der Waals surface area contributed by atoms with Gasteiger partial charge >= 0.3 is 0 Å². The lowest BCUT2D eigenvalue weighted by Gasteiger charge is -1.90. The number of hydrogen-bond donors (Lipinski definition) is 2. The molecule has 5 nitrogen and oxygen atoms in total. The van der Waals surface area contributed by atoms with Crippen LogP contribution < -0.4 is 11.1 Å². The van der Waals surface area contributed by atoms with E-state index in [1.807, 2.05) is 0 Å². The van der Waals surface area contributed by atoms with Gasteiger partial charge in [-0.15, -0.1) is 0 Å². The Bertz CT molecular complexity index is 173. The highest BCUT2D eigenvalue weighted by atomic mass is 16.1. The second-order valence-corrected chi connectivity index (χ2v) is 1.90. The zero-order chi connectivity index (χ0) is 8.69. The average molecular weight is 156 g/mol. The highest BCUT2D eigenvalue weighted by molar-refractivity contribution is 6.27. The number of nitrogens with one attached hydrogen (secondary N) is 1. The summed E-state index contributed by atoms with van der Waals surface area (Å²) in [4.78, 5) is 17.8.